The molecule has 9 nitrogen and oxygen atoms in total. The third kappa shape index (κ3) is 4.27. The molecule has 36 heavy (non-hydrogen) atoms. The number of hydrogen-bond acceptors (Lipinski definition) is 10. The molecule has 0 radical (unpaired) electrons. The Morgan fingerprint density at radius 3 is 2.22 bits per heavy atom. The maximum absolute atomic E-state index is 12.0. The number of aromatic nitrogens is 6. The predicted molar refractivity (Wildman–Crippen MR) is 143 cm³/mol. The van der Waals surface area contributed by atoms with Crippen molar-refractivity contribution in [2.24, 2.45) is 0 Å². The van der Waals surface area contributed by atoms with Crippen molar-refractivity contribution in [2.75, 3.05) is 11.1 Å². The van der Waals surface area contributed by atoms with Crippen molar-refractivity contribution < 1.29 is 4.79 Å². The third-order valence-electron chi connectivity index (χ3n) is 5.71. The van der Waals surface area contributed by atoms with Gasteiger partial charge in [-0.15, -0.1) is 11.3 Å². The number of aryl methyl sites for hydroxylation is 4. The summed E-state index contributed by atoms with van der Waals surface area (Å²) >= 11 is 1.45. The number of rotatable bonds is 5. The Morgan fingerprint density at radius 1 is 0.889 bits per heavy atom. The second-order valence-electron chi connectivity index (χ2n) is 8.55. The molecule has 0 saturated heterocycles. The molecular weight excluding hydrogens is 472 g/mol. The van der Waals surface area contributed by atoms with Gasteiger partial charge in [-0.3, -0.25) is 4.79 Å². The van der Waals surface area contributed by atoms with E-state index in [-0.39, 0.29) is 11.6 Å². The lowest BCUT2D eigenvalue weighted by atomic mass is 10.1. The van der Waals surface area contributed by atoms with E-state index in [2.05, 4.69) is 25.3 Å². The van der Waals surface area contributed by atoms with Gasteiger partial charge < -0.3 is 11.1 Å². The molecule has 180 valence electrons. The van der Waals surface area contributed by atoms with Crippen LogP contribution in [0, 0.1) is 27.7 Å². The van der Waals surface area contributed by atoms with Gasteiger partial charge in [0.1, 0.15) is 16.5 Å². The SMILES string of the molecule is CC(=O)c1c(C)nc(-c2sc3nc(-c4ccccc4)nc(Nc4nc(C)cc(C)n4)c3c2C)nc1N. The monoisotopic (exact) mass is 496 g/mol. The van der Waals surface area contributed by atoms with Crippen molar-refractivity contribution in [3.8, 4) is 22.1 Å². The molecule has 5 aromatic rings. The summed E-state index contributed by atoms with van der Waals surface area (Å²) in [5, 5.41) is 4.14. The second-order valence-corrected chi connectivity index (χ2v) is 9.55. The van der Waals surface area contributed by atoms with Crippen LogP contribution in [0.25, 0.3) is 32.3 Å². The second kappa shape index (κ2) is 9.04. The zero-order valence-electron chi connectivity index (χ0n) is 20.5. The fraction of sp³-hybridized carbons (Fsp3) is 0.192. The Hall–Kier alpha value is -4.31. The number of hydrogen-bond donors (Lipinski definition) is 2. The summed E-state index contributed by atoms with van der Waals surface area (Å²) in [4.78, 5) is 41.4. The van der Waals surface area contributed by atoms with Crippen LogP contribution in [-0.2, 0) is 0 Å². The van der Waals surface area contributed by atoms with E-state index in [0.29, 0.717) is 34.7 Å². The number of carbonyl (C=O) groups excluding carboxylic acids is 1. The molecule has 4 aromatic heterocycles. The summed E-state index contributed by atoms with van der Waals surface area (Å²) < 4.78 is 0. The average molecular weight is 497 g/mol. The summed E-state index contributed by atoms with van der Waals surface area (Å²) in [6, 6.07) is 11.7. The van der Waals surface area contributed by atoms with Gasteiger partial charge in [-0.25, -0.2) is 29.9 Å². The molecule has 0 spiro atoms. The zero-order valence-corrected chi connectivity index (χ0v) is 21.4. The largest absolute Gasteiger partial charge is 0.383 e. The fourth-order valence-corrected chi connectivity index (χ4v) is 5.29. The minimum atomic E-state index is -0.164. The number of ketones is 1. The van der Waals surface area contributed by atoms with Crippen LogP contribution < -0.4 is 11.1 Å². The van der Waals surface area contributed by atoms with Gasteiger partial charge >= 0.3 is 0 Å². The topological polar surface area (TPSA) is 132 Å². The smallest absolute Gasteiger partial charge is 0.228 e. The van der Waals surface area contributed by atoms with E-state index in [4.69, 9.17) is 15.7 Å². The lowest BCUT2D eigenvalue weighted by Gasteiger charge is -2.10. The van der Waals surface area contributed by atoms with E-state index in [0.717, 1.165) is 37.6 Å². The van der Waals surface area contributed by atoms with Gasteiger partial charge in [0.2, 0.25) is 5.95 Å². The molecule has 0 fully saturated rings. The average Bonchev–Trinajstić information content (AvgIpc) is 3.15. The summed E-state index contributed by atoms with van der Waals surface area (Å²) in [5.41, 5.74) is 10.5. The predicted octanol–water partition coefficient (Wildman–Crippen LogP) is 5.37. The first-order valence-corrected chi connectivity index (χ1v) is 12.1. The zero-order chi connectivity index (χ0) is 25.6. The van der Waals surface area contributed by atoms with Crippen molar-refractivity contribution in [2.45, 2.75) is 34.6 Å². The van der Waals surface area contributed by atoms with Crippen LogP contribution >= 0.6 is 11.3 Å². The van der Waals surface area contributed by atoms with Crippen LogP contribution in [0.4, 0.5) is 17.6 Å². The first-order valence-electron chi connectivity index (χ1n) is 11.3. The van der Waals surface area contributed by atoms with Crippen LogP contribution in [-0.4, -0.2) is 35.7 Å². The number of nitrogens with one attached hydrogen (secondary N) is 1. The molecule has 0 aliphatic heterocycles. The molecule has 0 atom stereocenters. The van der Waals surface area contributed by atoms with Crippen LogP contribution in [0.5, 0.6) is 0 Å². The van der Waals surface area contributed by atoms with E-state index in [1.54, 1.807) is 6.92 Å². The molecule has 4 heterocycles. The molecular formula is C26H24N8OS. The van der Waals surface area contributed by atoms with Crippen molar-refractivity contribution >= 4 is 44.9 Å². The van der Waals surface area contributed by atoms with E-state index < -0.39 is 0 Å². The van der Waals surface area contributed by atoms with E-state index in [1.165, 1.54) is 18.3 Å². The Kier molecular flexibility index (Phi) is 5.89. The fourth-order valence-electron chi connectivity index (χ4n) is 4.18. The molecule has 1 aromatic carbocycles. The maximum Gasteiger partial charge on any atom is 0.228 e. The number of carbonyl (C=O) groups is 1. The lowest BCUT2D eigenvalue weighted by molar-refractivity contribution is 0.101. The Balaban J connectivity index is 1.73. The molecule has 0 aliphatic rings. The van der Waals surface area contributed by atoms with Gasteiger partial charge in [-0.05, 0) is 46.2 Å². The molecule has 5 rings (SSSR count). The van der Waals surface area contributed by atoms with E-state index >= 15 is 0 Å². The molecule has 0 amide bonds. The highest BCUT2D eigenvalue weighted by Crippen LogP contribution is 2.40. The minimum absolute atomic E-state index is 0.164. The molecule has 0 saturated carbocycles. The number of Topliss-reactive ketones (excluding diaryl/α,β-unsaturated/α-hetero) is 1. The highest BCUT2D eigenvalue weighted by atomic mass is 32.1. The van der Waals surface area contributed by atoms with Gasteiger partial charge in [-0.1, -0.05) is 30.3 Å². The summed E-state index contributed by atoms with van der Waals surface area (Å²) in [5.74, 6) is 2.08. The van der Waals surface area contributed by atoms with E-state index in [1.807, 2.05) is 57.2 Å². The highest BCUT2D eigenvalue weighted by Gasteiger charge is 2.22. The van der Waals surface area contributed by atoms with Gasteiger partial charge in [0, 0.05) is 17.0 Å². The van der Waals surface area contributed by atoms with Crippen molar-refractivity contribution in [3.63, 3.8) is 0 Å². The van der Waals surface area contributed by atoms with Gasteiger partial charge in [-0.2, -0.15) is 0 Å². The van der Waals surface area contributed by atoms with Crippen LogP contribution in [0.2, 0.25) is 0 Å². The lowest BCUT2D eigenvalue weighted by Crippen LogP contribution is -2.08. The summed E-state index contributed by atoms with van der Waals surface area (Å²) in [6.07, 6.45) is 0. The Labute approximate surface area is 211 Å². The Bertz CT molecular complexity index is 1600. The number of nitrogens with two attached hydrogens (primary N) is 1. The molecule has 0 aliphatic carbocycles. The van der Waals surface area contributed by atoms with E-state index in [9.17, 15) is 4.79 Å². The standard InChI is InChI=1S/C26H24N8OS/c1-12-11-13(2)29-26(28-12)34-23-18-14(3)20(24-30-15(4)19(16(5)35)21(27)31-24)36-25(18)33-22(32-23)17-9-7-6-8-10-17/h6-11H,1-5H3,(H2,27,30,31)(H,28,29,32,33,34). The summed E-state index contributed by atoms with van der Waals surface area (Å²) in [6.45, 7) is 9.04. The Morgan fingerprint density at radius 2 is 1.58 bits per heavy atom. The quantitative estimate of drug-likeness (QED) is 0.308. The summed E-state index contributed by atoms with van der Waals surface area (Å²) in [7, 11) is 0. The number of thiophene rings is 1. The van der Waals surface area contributed by atoms with Gasteiger partial charge in [0.15, 0.2) is 17.4 Å². The van der Waals surface area contributed by atoms with Crippen molar-refractivity contribution in [3.05, 3.63) is 64.6 Å². The van der Waals surface area contributed by atoms with Crippen LogP contribution in [0.3, 0.4) is 0 Å². The molecule has 3 N–H and O–H groups in total. The first kappa shape index (κ1) is 23.4. The number of benzene rings is 1. The number of anilines is 3. The van der Waals surface area contributed by atoms with Crippen LogP contribution in [0.15, 0.2) is 36.4 Å². The van der Waals surface area contributed by atoms with Crippen molar-refractivity contribution in [1.29, 1.82) is 0 Å². The van der Waals surface area contributed by atoms with Gasteiger partial charge in [0.25, 0.3) is 0 Å². The van der Waals surface area contributed by atoms with Gasteiger partial charge in [0.05, 0.1) is 21.5 Å². The minimum Gasteiger partial charge on any atom is -0.383 e. The molecule has 10 heteroatoms. The third-order valence-corrected chi connectivity index (χ3v) is 6.89. The highest BCUT2D eigenvalue weighted by molar-refractivity contribution is 7.22. The normalized spacial score (nSPS) is 11.1. The first-order chi connectivity index (χ1) is 17.2. The number of nitrogen functional groups attached to an aromatic ring is 1. The molecule has 0 bridgehead atoms. The van der Waals surface area contributed by atoms with Crippen molar-refractivity contribution in [1.82, 2.24) is 29.9 Å². The number of nitrogens with zero attached hydrogens (tertiary/aromatic N) is 6. The number of fused-ring (bicyclic) bond motifs is 1. The molecule has 0 unspecified atom stereocenters. The maximum atomic E-state index is 12.0. The van der Waals surface area contributed by atoms with Crippen LogP contribution in [0.1, 0.15) is 39.9 Å².